The van der Waals surface area contributed by atoms with Gasteiger partial charge in [-0.1, -0.05) is 64.1 Å². The van der Waals surface area contributed by atoms with Crippen molar-refractivity contribution < 1.29 is 19.4 Å². The average molecular weight is 485 g/mol. The first kappa shape index (κ1) is 25.6. The minimum absolute atomic E-state index is 0.00854. The van der Waals surface area contributed by atoms with Crippen molar-refractivity contribution in [3.05, 3.63) is 89.0 Å². The van der Waals surface area contributed by atoms with E-state index in [1.165, 1.54) is 17.2 Å². The van der Waals surface area contributed by atoms with E-state index in [9.17, 15) is 9.90 Å². The maximum absolute atomic E-state index is 11.8. The van der Waals surface area contributed by atoms with Crippen LogP contribution in [0.15, 0.2) is 66.7 Å². The number of rotatable bonds is 7. The molecule has 3 aromatic rings. The Hall–Kier alpha value is -3.53. The zero-order chi connectivity index (χ0) is 25.9. The number of carbonyl (C=O) groups is 1. The van der Waals surface area contributed by atoms with Gasteiger partial charge in [0.05, 0.1) is 6.61 Å². The van der Waals surface area contributed by atoms with E-state index in [1.807, 2.05) is 36.4 Å². The second-order valence-corrected chi connectivity index (χ2v) is 10.8. The number of esters is 1. The molecule has 0 heterocycles. The molecule has 0 radical (unpaired) electrons. The van der Waals surface area contributed by atoms with E-state index >= 15 is 0 Å². The van der Waals surface area contributed by atoms with Crippen molar-refractivity contribution in [2.75, 3.05) is 6.61 Å². The smallest absolute Gasteiger partial charge is 0.330 e. The quantitative estimate of drug-likeness (QED) is 0.278. The van der Waals surface area contributed by atoms with E-state index in [0.717, 1.165) is 35.3 Å². The van der Waals surface area contributed by atoms with Crippen LogP contribution in [-0.2, 0) is 27.0 Å². The summed E-state index contributed by atoms with van der Waals surface area (Å²) in [5.74, 6) is 0.516. The zero-order valence-electron chi connectivity index (χ0n) is 21.9. The van der Waals surface area contributed by atoms with Crippen LogP contribution in [0.3, 0.4) is 0 Å². The number of hydrogen-bond donors (Lipinski definition) is 1. The average Bonchev–Trinajstić information content (AvgIpc) is 2.85. The highest BCUT2D eigenvalue weighted by molar-refractivity contribution is 5.88. The number of benzene rings is 3. The van der Waals surface area contributed by atoms with Crippen molar-refractivity contribution in [3.8, 4) is 22.6 Å². The van der Waals surface area contributed by atoms with Crippen molar-refractivity contribution in [1.82, 2.24) is 0 Å². The van der Waals surface area contributed by atoms with Crippen LogP contribution in [0.2, 0.25) is 0 Å². The number of aromatic hydroxyl groups is 1. The van der Waals surface area contributed by atoms with Crippen molar-refractivity contribution in [2.24, 2.45) is 0 Å². The summed E-state index contributed by atoms with van der Waals surface area (Å²) in [4.78, 5) is 11.8. The van der Waals surface area contributed by atoms with Gasteiger partial charge in [0.25, 0.3) is 0 Å². The topological polar surface area (TPSA) is 55.8 Å². The van der Waals surface area contributed by atoms with Gasteiger partial charge in [-0.15, -0.1) is 0 Å². The SMILES string of the molecule is CCOC(=O)C=Cc1ccc(O)c(-c2cc3c(cc2OCc2ccccc2)C(C)(C)CCC3(C)C)c1. The van der Waals surface area contributed by atoms with E-state index in [2.05, 4.69) is 39.8 Å². The predicted molar refractivity (Wildman–Crippen MR) is 145 cm³/mol. The molecule has 0 aliphatic heterocycles. The molecule has 0 saturated carbocycles. The van der Waals surface area contributed by atoms with Crippen LogP contribution in [0.25, 0.3) is 17.2 Å². The summed E-state index contributed by atoms with van der Waals surface area (Å²) in [6.07, 6.45) is 5.30. The molecule has 0 aromatic heterocycles. The third-order valence-electron chi connectivity index (χ3n) is 7.20. The molecule has 0 unspecified atom stereocenters. The highest BCUT2D eigenvalue weighted by atomic mass is 16.5. The van der Waals surface area contributed by atoms with Crippen molar-refractivity contribution in [1.29, 1.82) is 0 Å². The molecule has 0 atom stereocenters. The van der Waals surface area contributed by atoms with Gasteiger partial charge >= 0.3 is 5.97 Å². The number of carbonyl (C=O) groups excluding carboxylic acids is 1. The monoisotopic (exact) mass is 484 g/mol. The van der Waals surface area contributed by atoms with Crippen LogP contribution in [0.1, 0.15) is 69.7 Å². The lowest BCUT2D eigenvalue weighted by Crippen LogP contribution is -2.33. The molecule has 0 bridgehead atoms. The molecule has 3 aromatic carbocycles. The summed E-state index contributed by atoms with van der Waals surface area (Å²) in [6.45, 7) is 11.7. The van der Waals surface area contributed by atoms with Crippen LogP contribution in [0.4, 0.5) is 0 Å². The summed E-state index contributed by atoms with van der Waals surface area (Å²) in [5, 5.41) is 10.9. The van der Waals surface area contributed by atoms with Gasteiger partial charge in [-0.25, -0.2) is 4.79 Å². The first-order chi connectivity index (χ1) is 17.1. The minimum atomic E-state index is -0.392. The van der Waals surface area contributed by atoms with E-state index in [4.69, 9.17) is 9.47 Å². The second kappa shape index (κ2) is 10.2. The Morgan fingerprint density at radius 3 is 2.25 bits per heavy atom. The Kier molecular flexibility index (Phi) is 7.26. The largest absolute Gasteiger partial charge is 0.507 e. The number of fused-ring (bicyclic) bond motifs is 1. The lowest BCUT2D eigenvalue weighted by atomic mass is 9.62. The Labute approximate surface area is 214 Å². The molecule has 0 saturated heterocycles. The molecule has 1 N–H and O–H groups in total. The predicted octanol–water partition coefficient (Wildman–Crippen LogP) is 7.56. The summed E-state index contributed by atoms with van der Waals surface area (Å²) in [5.41, 5.74) is 6.01. The van der Waals surface area contributed by atoms with Gasteiger partial charge in [0.15, 0.2) is 0 Å². The molecule has 4 rings (SSSR count). The second-order valence-electron chi connectivity index (χ2n) is 10.8. The highest BCUT2D eigenvalue weighted by Gasteiger charge is 2.38. The fourth-order valence-corrected chi connectivity index (χ4v) is 4.89. The molecule has 4 heteroatoms. The van der Waals surface area contributed by atoms with Crippen molar-refractivity contribution in [2.45, 2.75) is 64.9 Å². The van der Waals surface area contributed by atoms with E-state index in [-0.39, 0.29) is 16.6 Å². The van der Waals surface area contributed by atoms with Gasteiger partial charge in [0.2, 0.25) is 0 Å². The summed E-state index contributed by atoms with van der Waals surface area (Å²) in [7, 11) is 0. The maximum atomic E-state index is 11.8. The molecule has 0 spiro atoms. The minimum Gasteiger partial charge on any atom is -0.507 e. The summed E-state index contributed by atoms with van der Waals surface area (Å²) < 4.78 is 11.4. The standard InChI is InChI=1S/C32H36O4/c1-6-35-30(34)15-13-22-12-14-28(33)24(18-22)25-19-26-27(32(4,5)17-16-31(26,2)3)20-29(25)36-21-23-10-8-7-9-11-23/h7-15,18-20,33H,6,16-17,21H2,1-5H3. The zero-order valence-corrected chi connectivity index (χ0v) is 21.9. The third-order valence-corrected chi connectivity index (χ3v) is 7.20. The number of hydrogen-bond acceptors (Lipinski definition) is 4. The van der Waals surface area contributed by atoms with Crippen LogP contribution >= 0.6 is 0 Å². The molecule has 1 aliphatic carbocycles. The molecular formula is C32H36O4. The molecule has 1 aliphatic rings. The normalized spacial score (nSPS) is 15.9. The lowest BCUT2D eigenvalue weighted by Gasteiger charge is -2.42. The van der Waals surface area contributed by atoms with Gasteiger partial charge in [0.1, 0.15) is 18.1 Å². The van der Waals surface area contributed by atoms with Crippen LogP contribution < -0.4 is 4.74 Å². The van der Waals surface area contributed by atoms with Gasteiger partial charge in [-0.3, -0.25) is 0 Å². The number of ether oxygens (including phenoxy) is 2. The third kappa shape index (κ3) is 5.48. The molecule has 36 heavy (non-hydrogen) atoms. The Morgan fingerprint density at radius 1 is 0.917 bits per heavy atom. The summed E-state index contributed by atoms with van der Waals surface area (Å²) in [6, 6.07) is 19.8. The fourth-order valence-electron chi connectivity index (χ4n) is 4.89. The highest BCUT2D eigenvalue weighted by Crippen LogP contribution is 2.50. The Morgan fingerprint density at radius 2 is 1.58 bits per heavy atom. The van der Waals surface area contributed by atoms with E-state index < -0.39 is 5.97 Å². The van der Waals surface area contributed by atoms with Crippen LogP contribution in [0.5, 0.6) is 11.5 Å². The first-order valence-corrected chi connectivity index (χ1v) is 12.6. The molecule has 188 valence electrons. The fraction of sp³-hybridized carbons (Fsp3) is 0.344. The van der Waals surface area contributed by atoms with Crippen molar-refractivity contribution in [3.63, 3.8) is 0 Å². The van der Waals surface area contributed by atoms with Crippen molar-refractivity contribution >= 4 is 12.0 Å². The molecule has 0 amide bonds. The summed E-state index contributed by atoms with van der Waals surface area (Å²) >= 11 is 0. The number of phenols is 1. The Balaban J connectivity index is 1.83. The van der Waals surface area contributed by atoms with Crippen LogP contribution in [0, 0.1) is 0 Å². The Bertz CT molecular complexity index is 1270. The number of phenolic OH excluding ortho intramolecular Hbond substituents is 1. The maximum Gasteiger partial charge on any atom is 0.330 e. The van der Waals surface area contributed by atoms with Gasteiger partial charge in [-0.2, -0.15) is 0 Å². The lowest BCUT2D eigenvalue weighted by molar-refractivity contribution is -0.137. The van der Waals surface area contributed by atoms with Gasteiger partial charge < -0.3 is 14.6 Å². The van der Waals surface area contributed by atoms with E-state index in [0.29, 0.717) is 18.8 Å². The van der Waals surface area contributed by atoms with E-state index in [1.54, 1.807) is 25.1 Å². The first-order valence-electron chi connectivity index (χ1n) is 12.6. The molecular weight excluding hydrogens is 448 g/mol. The van der Waals surface area contributed by atoms with Crippen LogP contribution in [-0.4, -0.2) is 17.7 Å². The molecule has 4 nitrogen and oxygen atoms in total. The molecule has 0 fully saturated rings. The van der Waals surface area contributed by atoms with Gasteiger partial charge in [-0.05, 0) is 83.2 Å². The van der Waals surface area contributed by atoms with Gasteiger partial charge in [0, 0.05) is 17.2 Å².